The van der Waals surface area contributed by atoms with E-state index in [4.69, 9.17) is 10.1 Å². The Morgan fingerprint density at radius 1 is 1.17 bits per heavy atom. The van der Waals surface area contributed by atoms with Gasteiger partial charge in [0.2, 0.25) is 5.39 Å². The number of benzene rings is 1. The summed E-state index contributed by atoms with van der Waals surface area (Å²) in [6.45, 7) is 0.0339. The number of aliphatic hydroxyl groups excluding tert-OH is 1. The minimum Gasteiger partial charge on any atom is -0.505 e. The van der Waals surface area contributed by atoms with Crippen molar-refractivity contribution in [1.82, 2.24) is 4.98 Å². The fourth-order valence-corrected chi connectivity index (χ4v) is 1.92. The number of rotatable bonds is 6. The van der Waals surface area contributed by atoms with Crippen LogP contribution in [0, 0.1) is 5.39 Å². The standard InChI is InChI=1S/C17H15N3O3/c18-20-16(15(21)10-9-14-8-4-5-11-19-14)17(22)23-12-13-6-2-1-3-7-13/h1-8,11H,9-10,12H2/p+1. The van der Waals surface area contributed by atoms with Gasteiger partial charge in [0, 0.05) is 18.3 Å². The molecule has 0 unspecified atom stereocenters. The van der Waals surface area contributed by atoms with Gasteiger partial charge in [-0.1, -0.05) is 36.4 Å². The zero-order valence-corrected chi connectivity index (χ0v) is 12.4. The third kappa shape index (κ3) is 4.93. The number of pyridine rings is 1. The summed E-state index contributed by atoms with van der Waals surface area (Å²) in [5.41, 5.74) is 1.07. The van der Waals surface area contributed by atoms with Gasteiger partial charge in [-0.15, -0.1) is 0 Å². The summed E-state index contributed by atoms with van der Waals surface area (Å²) in [5.74, 6) is -1.22. The van der Waals surface area contributed by atoms with E-state index in [1.807, 2.05) is 24.3 Å². The predicted octanol–water partition coefficient (Wildman–Crippen LogP) is 3.38. The van der Waals surface area contributed by atoms with Gasteiger partial charge < -0.3 is 9.84 Å². The largest absolute Gasteiger partial charge is 0.505 e. The van der Waals surface area contributed by atoms with Crippen molar-refractivity contribution in [3.05, 3.63) is 82.4 Å². The molecule has 1 heterocycles. The number of nitrogens with zero attached hydrogens (tertiary/aromatic N) is 3. The van der Waals surface area contributed by atoms with Crippen LogP contribution in [-0.2, 0) is 22.6 Å². The summed E-state index contributed by atoms with van der Waals surface area (Å²) in [6, 6.07) is 14.5. The Morgan fingerprint density at radius 3 is 2.57 bits per heavy atom. The molecule has 6 heteroatoms. The van der Waals surface area contributed by atoms with Gasteiger partial charge in [-0.3, -0.25) is 4.98 Å². The number of ether oxygens (including phenoxy) is 1. The molecule has 1 N–H and O–H groups in total. The quantitative estimate of drug-likeness (QED) is 0.382. The second-order valence-corrected chi connectivity index (χ2v) is 4.78. The molecular weight excluding hydrogens is 294 g/mol. The topological polar surface area (TPSA) is 87.6 Å². The van der Waals surface area contributed by atoms with E-state index in [1.54, 1.807) is 30.5 Å². The van der Waals surface area contributed by atoms with Crippen LogP contribution < -0.4 is 0 Å². The Balaban J connectivity index is 1.96. The van der Waals surface area contributed by atoms with Crippen LogP contribution in [-0.4, -0.2) is 16.1 Å². The van der Waals surface area contributed by atoms with Crippen molar-refractivity contribution in [3.8, 4) is 0 Å². The average molecular weight is 310 g/mol. The Bertz CT molecular complexity index is 722. The second-order valence-electron chi connectivity index (χ2n) is 4.78. The molecule has 0 aliphatic carbocycles. The Labute approximate surface area is 133 Å². The van der Waals surface area contributed by atoms with Crippen LogP contribution in [0.4, 0.5) is 0 Å². The van der Waals surface area contributed by atoms with Gasteiger partial charge >= 0.3 is 11.7 Å². The summed E-state index contributed by atoms with van der Waals surface area (Å²) in [7, 11) is 0. The van der Waals surface area contributed by atoms with E-state index in [9.17, 15) is 9.90 Å². The first-order chi connectivity index (χ1) is 11.2. The molecule has 0 fully saturated rings. The fraction of sp³-hybridized carbons (Fsp3) is 0.176. The zero-order valence-electron chi connectivity index (χ0n) is 12.4. The van der Waals surface area contributed by atoms with E-state index in [1.165, 1.54) is 0 Å². The monoisotopic (exact) mass is 310 g/mol. The van der Waals surface area contributed by atoms with E-state index in [0.717, 1.165) is 11.3 Å². The van der Waals surface area contributed by atoms with Crippen LogP contribution in [0.15, 0.2) is 66.2 Å². The van der Waals surface area contributed by atoms with Gasteiger partial charge in [0.25, 0.3) is 0 Å². The smallest absolute Gasteiger partial charge is 0.505 e. The van der Waals surface area contributed by atoms with Crippen molar-refractivity contribution >= 4 is 5.97 Å². The number of hydrogen-bond donors (Lipinski definition) is 1. The molecule has 0 atom stereocenters. The molecule has 2 rings (SSSR count). The molecule has 0 saturated carbocycles. The number of aliphatic hydroxyl groups is 1. The van der Waals surface area contributed by atoms with Gasteiger partial charge in [-0.05, 0) is 24.1 Å². The van der Waals surface area contributed by atoms with E-state index in [2.05, 4.69) is 9.96 Å². The van der Waals surface area contributed by atoms with Crippen LogP contribution in [0.5, 0.6) is 0 Å². The van der Waals surface area contributed by atoms with Crippen molar-refractivity contribution in [2.75, 3.05) is 0 Å². The number of aromatic nitrogens is 1. The van der Waals surface area contributed by atoms with E-state index < -0.39 is 11.7 Å². The number of aryl methyl sites for hydroxylation is 1. The van der Waals surface area contributed by atoms with Crippen LogP contribution in [0.1, 0.15) is 17.7 Å². The summed E-state index contributed by atoms with van der Waals surface area (Å²) in [5, 5.41) is 18.9. The maximum Gasteiger partial charge on any atom is 0.505 e. The molecule has 1 aromatic heterocycles. The summed E-state index contributed by atoms with van der Waals surface area (Å²) < 4.78 is 5.03. The maximum absolute atomic E-state index is 11.9. The van der Waals surface area contributed by atoms with Crippen molar-refractivity contribution in [2.24, 2.45) is 0 Å². The number of carbonyl (C=O) groups is 1. The van der Waals surface area contributed by atoms with Crippen LogP contribution >= 0.6 is 0 Å². The lowest BCUT2D eigenvalue weighted by Gasteiger charge is -2.01. The molecule has 0 aliphatic heterocycles. The van der Waals surface area contributed by atoms with Crippen molar-refractivity contribution in [3.63, 3.8) is 0 Å². The van der Waals surface area contributed by atoms with Crippen molar-refractivity contribution < 1.29 is 14.6 Å². The molecule has 0 bridgehead atoms. The van der Waals surface area contributed by atoms with Gasteiger partial charge in [0.05, 0.1) is 0 Å². The zero-order chi connectivity index (χ0) is 16.5. The number of esters is 1. The molecule has 1 aromatic carbocycles. The number of allylic oxidation sites excluding steroid dienone is 1. The van der Waals surface area contributed by atoms with Crippen LogP contribution in [0.25, 0.3) is 4.98 Å². The average Bonchev–Trinajstić information content (AvgIpc) is 2.60. The summed E-state index contributed by atoms with van der Waals surface area (Å²) >= 11 is 0. The Hall–Kier alpha value is -3.20. The minimum atomic E-state index is -0.880. The molecule has 0 spiro atoms. The highest BCUT2D eigenvalue weighted by Gasteiger charge is 2.30. The molecule has 6 nitrogen and oxygen atoms in total. The van der Waals surface area contributed by atoms with Gasteiger partial charge in [-0.2, -0.15) is 0 Å². The van der Waals surface area contributed by atoms with Crippen molar-refractivity contribution in [2.45, 2.75) is 19.4 Å². The molecule has 116 valence electrons. The van der Waals surface area contributed by atoms with Gasteiger partial charge in [0.1, 0.15) is 6.61 Å². The van der Waals surface area contributed by atoms with E-state index in [-0.39, 0.29) is 18.8 Å². The maximum atomic E-state index is 11.9. The van der Waals surface area contributed by atoms with Gasteiger partial charge in [0.15, 0.2) is 10.7 Å². The lowest BCUT2D eigenvalue weighted by atomic mass is 10.1. The third-order valence-corrected chi connectivity index (χ3v) is 3.12. The number of hydrogen-bond acceptors (Lipinski definition) is 5. The highest BCUT2D eigenvalue weighted by molar-refractivity contribution is 5.90. The third-order valence-electron chi connectivity index (χ3n) is 3.12. The van der Waals surface area contributed by atoms with Crippen LogP contribution in [0.2, 0.25) is 0 Å². The Kier molecular flexibility index (Phi) is 5.83. The minimum absolute atomic E-state index is 0.0339. The number of diazo groups is 1. The Morgan fingerprint density at radius 2 is 1.91 bits per heavy atom. The highest BCUT2D eigenvalue weighted by atomic mass is 16.5. The summed E-state index contributed by atoms with van der Waals surface area (Å²) in [6.07, 6.45) is 2.18. The molecule has 0 amide bonds. The van der Waals surface area contributed by atoms with E-state index in [0.29, 0.717) is 6.42 Å². The van der Waals surface area contributed by atoms with Crippen LogP contribution in [0.3, 0.4) is 0 Å². The van der Waals surface area contributed by atoms with Crippen molar-refractivity contribution in [1.29, 1.82) is 5.39 Å². The first-order valence-electron chi connectivity index (χ1n) is 7.09. The lowest BCUT2D eigenvalue weighted by molar-refractivity contribution is -0.140. The molecule has 0 saturated heterocycles. The first-order valence-corrected chi connectivity index (χ1v) is 7.09. The SMILES string of the molecule is N#[N+]/C(C(=O)OCc1ccccc1)=C(/O)CCc1ccccn1. The molecule has 0 aliphatic rings. The predicted molar refractivity (Wildman–Crippen MR) is 83.5 cm³/mol. The number of carbonyl (C=O) groups excluding carboxylic acids is 1. The van der Waals surface area contributed by atoms with E-state index >= 15 is 0 Å². The molecule has 0 radical (unpaired) electrons. The first kappa shape index (κ1) is 16.2. The fourth-order valence-electron chi connectivity index (χ4n) is 1.92. The molecular formula is C17H16N3O3+. The summed E-state index contributed by atoms with van der Waals surface area (Å²) in [4.78, 5) is 18.9. The normalized spacial score (nSPS) is 11.3. The molecule has 2 aromatic rings. The second kappa shape index (κ2) is 8.29. The molecule has 23 heavy (non-hydrogen) atoms. The lowest BCUT2D eigenvalue weighted by Crippen LogP contribution is -2.09. The highest BCUT2D eigenvalue weighted by Crippen LogP contribution is 2.13. The van der Waals surface area contributed by atoms with Gasteiger partial charge in [-0.25, -0.2) is 4.79 Å².